The number of aryl methyl sites for hydroxylation is 1. The molecule has 0 aromatic heterocycles. The fraction of sp³-hybridized carbons (Fsp3) is 0.571. The van der Waals surface area contributed by atoms with Crippen LogP contribution in [0.1, 0.15) is 31.4 Å². The first-order valence-corrected chi connectivity index (χ1v) is 6.15. The number of hydrogen-bond donors (Lipinski definition) is 2. The highest BCUT2D eigenvalue weighted by Gasteiger charge is 2.29. The Morgan fingerprint density at radius 2 is 2.06 bits per heavy atom. The molecule has 1 rings (SSSR count). The molecule has 0 saturated carbocycles. The summed E-state index contributed by atoms with van der Waals surface area (Å²) in [5.41, 5.74) is 1.13. The van der Waals surface area contributed by atoms with Crippen LogP contribution in [0.3, 0.4) is 0 Å². The lowest BCUT2D eigenvalue weighted by atomic mass is 9.89. The fourth-order valence-corrected chi connectivity index (χ4v) is 1.93. The van der Waals surface area contributed by atoms with Gasteiger partial charge in [-0.3, -0.25) is 0 Å². The van der Waals surface area contributed by atoms with Crippen LogP contribution in [0.4, 0.5) is 0 Å². The average Bonchev–Trinajstić information content (AvgIpc) is 2.36. The highest BCUT2D eigenvalue weighted by Crippen LogP contribution is 2.33. The molecular formula is C14H23NO2. The molecule has 3 heteroatoms. The molecule has 0 fully saturated rings. The first kappa shape index (κ1) is 14.0. The van der Waals surface area contributed by atoms with E-state index in [0.717, 1.165) is 23.4 Å². The molecule has 0 heterocycles. The first-order valence-electron chi connectivity index (χ1n) is 6.15. The Balaban J connectivity index is 3.12. The van der Waals surface area contributed by atoms with Gasteiger partial charge in [0.1, 0.15) is 11.4 Å². The van der Waals surface area contributed by atoms with Crippen molar-refractivity contribution >= 4 is 0 Å². The Kier molecular flexibility index (Phi) is 4.97. The summed E-state index contributed by atoms with van der Waals surface area (Å²) in [6.45, 7) is 7.42. The molecule has 1 atom stereocenters. The third-order valence-corrected chi connectivity index (χ3v) is 3.11. The molecule has 0 bridgehead atoms. The zero-order valence-electron chi connectivity index (χ0n) is 11.2. The molecule has 0 radical (unpaired) electrons. The van der Waals surface area contributed by atoms with Crippen LogP contribution in [0.15, 0.2) is 18.2 Å². The number of methoxy groups -OCH3 is 1. The van der Waals surface area contributed by atoms with Crippen molar-refractivity contribution in [2.24, 2.45) is 0 Å². The van der Waals surface area contributed by atoms with Crippen LogP contribution in [0.25, 0.3) is 0 Å². The SMILES string of the molecule is CCNCC(O)(CC)c1cc(C)ccc1OC. The summed E-state index contributed by atoms with van der Waals surface area (Å²) in [7, 11) is 1.64. The maximum absolute atomic E-state index is 10.7. The Bertz CT molecular complexity index is 365. The maximum atomic E-state index is 10.7. The zero-order chi connectivity index (χ0) is 12.9. The molecule has 0 aliphatic heterocycles. The molecule has 17 heavy (non-hydrogen) atoms. The van der Waals surface area contributed by atoms with Gasteiger partial charge in [-0.25, -0.2) is 0 Å². The summed E-state index contributed by atoms with van der Waals surface area (Å²) in [5, 5.41) is 13.9. The van der Waals surface area contributed by atoms with Gasteiger partial charge in [0.25, 0.3) is 0 Å². The summed E-state index contributed by atoms with van der Waals surface area (Å²) >= 11 is 0. The highest BCUT2D eigenvalue weighted by atomic mass is 16.5. The van der Waals surface area contributed by atoms with E-state index in [9.17, 15) is 5.11 Å². The molecule has 2 N–H and O–H groups in total. The quantitative estimate of drug-likeness (QED) is 0.797. The minimum Gasteiger partial charge on any atom is -0.496 e. The Morgan fingerprint density at radius 1 is 1.35 bits per heavy atom. The largest absolute Gasteiger partial charge is 0.496 e. The molecule has 0 spiro atoms. The average molecular weight is 237 g/mol. The Hall–Kier alpha value is -1.06. The second-order valence-electron chi connectivity index (χ2n) is 4.37. The van der Waals surface area contributed by atoms with Crippen molar-refractivity contribution in [1.82, 2.24) is 5.32 Å². The normalized spacial score (nSPS) is 14.4. The summed E-state index contributed by atoms with van der Waals surface area (Å²) in [6.07, 6.45) is 0.653. The number of aliphatic hydroxyl groups is 1. The zero-order valence-corrected chi connectivity index (χ0v) is 11.2. The van der Waals surface area contributed by atoms with Crippen LogP contribution in [-0.4, -0.2) is 25.3 Å². The number of rotatable bonds is 6. The number of hydrogen-bond acceptors (Lipinski definition) is 3. The van der Waals surface area contributed by atoms with Gasteiger partial charge in [-0.05, 0) is 32.0 Å². The van der Waals surface area contributed by atoms with Gasteiger partial charge < -0.3 is 15.2 Å². The Morgan fingerprint density at radius 3 is 2.59 bits per heavy atom. The van der Waals surface area contributed by atoms with Crippen LogP contribution in [0.2, 0.25) is 0 Å². The molecule has 1 aromatic carbocycles. The lowest BCUT2D eigenvalue weighted by Crippen LogP contribution is -2.38. The van der Waals surface area contributed by atoms with Crippen molar-refractivity contribution in [3.8, 4) is 5.75 Å². The minimum absolute atomic E-state index is 0.541. The third kappa shape index (κ3) is 3.20. The number of benzene rings is 1. The fourth-order valence-electron chi connectivity index (χ4n) is 1.93. The van der Waals surface area contributed by atoms with Crippen molar-refractivity contribution in [2.75, 3.05) is 20.2 Å². The lowest BCUT2D eigenvalue weighted by molar-refractivity contribution is 0.0308. The van der Waals surface area contributed by atoms with Gasteiger partial charge in [-0.1, -0.05) is 25.5 Å². The van der Waals surface area contributed by atoms with E-state index in [-0.39, 0.29) is 0 Å². The van der Waals surface area contributed by atoms with Gasteiger partial charge in [0.2, 0.25) is 0 Å². The summed E-state index contributed by atoms with van der Waals surface area (Å²) in [5.74, 6) is 0.748. The van der Waals surface area contributed by atoms with E-state index in [0.29, 0.717) is 13.0 Å². The van der Waals surface area contributed by atoms with Crippen molar-refractivity contribution in [2.45, 2.75) is 32.8 Å². The maximum Gasteiger partial charge on any atom is 0.125 e. The van der Waals surface area contributed by atoms with Gasteiger partial charge in [-0.15, -0.1) is 0 Å². The predicted molar refractivity (Wildman–Crippen MR) is 70.5 cm³/mol. The predicted octanol–water partition coefficient (Wildman–Crippen LogP) is 2.21. The van der Waals surface area contributed by atoms with Crippen molar-refractivity contribution in [1.29, 1.82) is 0 Å². The van der Waals surface area contributed by atoms with E-state index in [2.05, 4.69) is 5.32 Å². The van der Waals surface area contributed by atoms with Gasteiger partial charge >= 0.3 is 0 Å². The van der Waals surface area contributed by atoms with Gasteiger partial charge in [0.05, 0.1) is 7.11 Å². The lowest BCUT2D eigenvalue weighted by Gasteiger charge is -2.29. The third-order valence-electron chi connectivity index (χ3n) is 3.11. The van der Waals surface area contributed by atoms with E-state index in [1.807, 2.05) is 39.0 Å². The highest BCUT2D eigenvalue weighted by molar-refractivity contribution is 5.41. The molecule has 1 aromatic rings. The minimum atomic E-state index is -0.868. The standard InChI is InChI=1S/C14H23NO2/c1-5-14(16,10-15-6-2)12-9-11(3)7-8-13(12)17-4/h7-9,15-16H,5-6,10H2,1-4H3. The number of nitrogens with one attached hydrogen (secondary N) is 1. The molecule has 0 amide bonds. The summed E-state index contributed by atoms with van der Waals surface area (Å²) in [4.78, 5) is 0. The summed E-state index contributed by atoms with van der Waals surface area (Å²) in [6, 6.07) is 5.91. The second kappa shape index (κ2) is 6.03. The van der Waals surface area contributed by atoms with E-state index in [4.69, 9.17) is 4.74 Å². The number of likely N-dealkylation sites (N-methyl/N-ethyl adjacent to an activating group) is 1. The molecule has 0 saturated heterocycles. The molecule has 0 aliphatic carbocycles. The van der Waals surface area contributed by atoms with Gasteiger partial charge in [-0.2, -0.15) is 0 Å². The van der Waals surface area contributed by atoms with Gasteiger partial charge in [0.15, 0.2) is 0 Å². The van der Waals surface area contributed by atoms with E-state index in [1.165, 1.54) is 0 Å². The molecule has 0 aliphatic rings. The van der Waals surface area contributed by atoms with E-state index >= 15 is 0 Å². The van der Waals surface area contributed by atoms with Crippen molar-refractivity contribution in [3.05, 3.63) is 29.3 Å². The second-order valence-corrected chi connectivity index (χ2v) is 4.37. The topological polar surface area (TPSA) is 41.5 Å². The van der Waals surface area contributed by atoms with Crippen LogP contribution in [0, 0.1) is 6.92 Å². The monoisotopic (exact) mass is 237 g/mol. The molecule has 96 valence electrons. The van der Waals surface area contributed by atoms with Crippen molar-refractivity contribution < 1.29 is 9.84 Å². The smallest absolute Gasteiger partial charge is 0.125 e. The van der Waals surface area contributed by atoms with Crippen LogP contribution >= 0.6 is 0 Å². The molecule has 1 unspecified atom stereocenters. The molecule has 3 nitrogen and oxygen atoms in total. The van der Waals surface area contributed by atoms with Crippen LogP contribution in [-0.2, 0) is 5.60 Å². The molecular weight excluding hydrogens is 214 g/mol. The first-order chi connectivity index (χ1) is 8.07. The van der Waals surface area contributed by atoms with E-state index in [1.54, 1.807) is 7.11 Å². The van der Waals surface area contributed by atoms with Crippen LogP contribution < -0.4 is 10.1 Å². The van der Waals surface area contributed by atoms with E-state index < -0.39 is 5.60 Å². The Labute approximate surface area is 104 Å². The number of ether oxygens (including phenoxy) is 1. The van der Waals surface area contributed by atoms with Crippen molar-refractivity contribution in [3.63, 3.8) is 0 Å². The summed E-state index contributed by atoms with van der Waals surface area (Å²) < 4.78 is 5.34. The van der Waals surface area contributed by atoms with Crippen LogP contribution in [0.5, 0.6) is 5.75 Å². The van der Waals surface area contributed by atoms with Gasteiger partial charge in [0, 0.05) is 12.1 Å².